The summed E-state index contributed by atoms with van der Waals surface area (Å²) in [5.74, 6) is 2.45. The fourth-order valence-electron chi connectivity index (χ4n) is 4.11. The standard InChI is InChI=1S/C26H42N6O5SSi/c1-19(13-14-27)28-15-17-38(33,34)31(16-18-39(5,6)7)26-30-29-25(23-12-11-20(2)37-23)32(26)24-21(35-3)9-8-10-22(24)36-4/h8-12,19,28H,13-18,27H2,1-7H3. The van der Waals surface area contributed by atoms with E-state index in [0.717, 1.165) is 12.5 Å². The highest BCUT2D eigenvalue weighted by Crippen LogP contribution is 2.39. The van der Waals surface area contributed by atoms with Crippen LogP contribution in [0, 0.1) is 6.92 Å². The minimum atomic E-state index is -3.82. The van der Waals surface area contributed by atoms with E-state index in [4.69, 9.17) is 19.6 Å². The van der Waals surface area contributed by atoms with Crippen LogP contribution in [-0.2, 0) is 10.0 Å². The highest BCUT2D eigenvalue weighted by atomic mass is 32.2. The maximum absolute atomic E-state index is 13.9. The van der Waals surface area contributed by atoms with Crippen LogP contribution in [0.5, 0.6) is 11.5 Å². The Balaban J connectivity index is 2.20. The second-order valence-corrected chi connectivity index (χ2v) is 18.3. The first-order valence-corrected chi connectivity index (χ1v) is 18.4. The molecule has 0 saturated heterocycles. The van der Waals surface area contributed by atoms with Gasteiger partial charge < -0.3 is 24.9 Å². The van der Waals surface area contributed by atoms with Gasteiger partial charge in [0.15, 0.2) is 5.76 Å². The number of ether oxygens (including phenoxy) is 2. The molecule has 3 rings (SSSR count). The van der Waals surface area contributed by atoms with Gasteiger partial charge in [0.25, 0.3) is 0 Å². The summed E-state index contributed by atoms with van der Waals surface area (Å²) in [5, 5.41) is 12.1. The zero-order chi connectivity index (χ0) is 28.8. The molecule has 0 aliphatic carbocycles. The average molecular weight is 579 g/mol. The van der Waals surface area contributed by atoms with Gasteiger partial charge in [0, 0.05) is 27.2 Å². The number of sulfonamides is 1. The van der Waals surface area contributed by atoms with E-state index in [1.807, 2.05) is 19.9 Å². The van der Waals surface area contributed by atoms with E-state index in [2.05, 4.69) is 35.2 Å². The van der Waals surface area contributed by atoms with Crippen LogP contribution in [0.1, 0.15) is 19.1 Å². The zero-order valence-corrected chi connectivity index (χ0v) is 25.8. The van der Waals surface area contributed by atoms with Crippen molar-refractivity contribution in [1.82, 2.24) is 20.1 Å². The van der Waals surface area contributed by atoms with Crippen molar-refractivity contribution in [2.24, 2.45) is 5.73 Å². The molecule has 11 nitrogen and oxygen atoms in total. The molecule has 0 fully saturated rings. The van der Waals surface area contributed by atoms with Gasteiger partial charge in [0.2, 0.25) is 21.8 Å². The van der Waals surface area contributed by atoms with Gasteiger partial charge in [-0.2, -0.15) is 0 Å². The Hall–Kier alpha value is -2.87. The monoisotopic (exact) mass is 578 g/mol. The summed E-state index contributed by atoms with van der Waals surface area (Å²) >= 11 is 0. The highest BCUT2D eigenvalue weighted by molar-refractivity contribution is 7.92. The molecule has 13 heteroatoms. The van der Waals surface area contributed by atoms with Crippen LogP contribution < -0.4 is 24.8 Å². The molecule has 1 atom stereocenters. The van der Waals surface area contributed by atoms with E-state index >= 15 is 0 Å². The number of anilines is 1. The number of rotatable bonds is 15. The summed E-state index contributed by atoms with van der Waals surface area (Å²) in [6.45, 7) is 11.5. The van der Waals surface area contributed by atoms with Gasteiger partial charge >= 0.3 is 0 Å². The van der Waals surface area contributed by atoms with Crippen molar-refractivity contribution < 1.29 is 22.3 Å². The Labute approximate surface area is 232 Å². The number of aryl methyl sites for hydroxylation is 1. The first-order valence-electron chi connectivity index (χ1n) is 13.1. The summed E-state index contributed by atoms with van der Waals surface area (Å²) in [6.07, 6.45) is 0.757. The van der Waals surface area contributed by atoms with Crippen LogP contribution in [0.25, 0.3) is 17.3 Å². The number of hydrogen-bond acceptors (Lipinski definition) is 9. The Morgan fingerprint density at radius 2 is 1.79 bits per heavy atom. The van der Waals surface area contributed by atoms with Gasteiger partial charge in [-0.1, -0.05) is 25.7 Å². The lowest BCUT2D eigenvalue weighted by Gasteiger charge is -2.28. The number of nitrogens with zero attached hydrogens (tertiary/aromatic N) is 4. The predicted molar refractivity (Wildman–Crippen MR) is 157 cm³/mol. The van der Waals surface area contributed by atoms with Gasteiger partial charge in [0.05, 0.1) is 20.0 Å². The van der Waals surface area contributed by atoms with Crippen molar-refractivity contribution in [2.45, 2.75) is 52.0 Å². The lowest BCUT2D eigenvalue weighted by Crippen LogP contribution is -2.42. The highest BCUT2D eigenvalue weighted by Gasteiger charge is 2.33. The average Bonchev–Trinajstić information content (AvgIpc) is 3.48. The first kappa shape index (κ1) is 30.7. The normalized spacial score (nSPS) is 12.9. The number of benzene rings is 1. The second kappa shape index (κ2) is 13.0. The Kier molecular flexibility index (Phi) is 10.2. The molecular weight excluding hydrogens is 536 g/mol. The molecule has 0 saturated carbocycles. The molecular formula is C26H42N6O5SSi. The van der Waals surface area contributed by atoms with E-state index in [1.54, 1.807) is 43.1 Å². The minimum Gasteiger partial charge on any atom is -0.494 e. The molecule has 216 valence electrons. The van der Waals surface area contributed by atoms with Gasteiger partial charge in [-0.05, 0) is 57.1 Å². The second-order valence-electron chi connectivity index (χ2n) is 10.7. The Morgan fingerprint density at radius 1 is 1.13 bits per heavy atom. The largest absolute Gasteiger partial charge is 0.494 e. The van der Waals surface area contributed by atoms with E-state index in [1.165, 1.54) is 4.31 Å². The lowest BCUT2D eigenvalue weighted by atomic mass is 10.2. The van der Waals surface area contributed by atoms with E-state index in [0.29, 0.717) is 41.1 Å². The Morgan fingerprint density at radius 3 is 2.33 bits per heavy atom. The van der Waals surface area contributed by atoms with Crippen LogP contribution in [0.4, 0.5) is 5.95 Å². The summed E-state index contributed by atoms with van der Waals surface area (Å²) in [4.78, 5) is 0. The van der Waals surface area contributed by atoms with Gasteiger partial charge in [-0.25, -0.2) is 12.7 Å². The number of hydrogen-bond donors (Lipinski definition) is 2. The topological polar surface area (TPSA) is 138 Å². The molecule has 0 aliphatic heterocycles. The van der Waals surface area contributed by atoms with Gasteiger partial charge in [0.1, 0.15) is 22.9 Å². The molecule has 0 amide bonds. The molecule has 2 aromatic heterocycles. The van der Waals surface area contributed by atoms with Crippen LogP contribution in [0.15, 0.2) is 34.7 Å². The SMILES string of the molecule is COc1cccc(OC)c1-n1c(-c2ccc(C)o2)nnc1N(CC[Si](C)(C)C)S(=O)(=O)CCNC(C)CCN. The molecule has 1 aromatic carbocycles. The summed E-state index contributed by atoms with van der Waals surface area (Å²) in [6, 6.07) is 9.80. The minimum absolute atomic E-state index is 0.107. The smallest absolute Gasteiger partial charge is 0.246 e. The van der Waals surface area contributed by atoms with Gasteiger partial charge in [-0.3, -0.25) is 4.57 Å². The first-order chi connectivity index (χ1) is 18.4. The number of nitrogens with one attached hydrogen (secondary N) is 1. The van der Waals surface area contributed by atoms with Crippen molar-refractivity contribution in [1.29, 1.82) is 0 Å². The quantitative estimate of drug-likeness (QED) is 0.259. The summed E-state index contributed by atoms with van der Waals surface area (Å²) in [7, 11) is -2.36. The number of methoxy groups -OCH3 is 2. The van der Waals surface area contributed by atoms with Crippen LogP contribution in [-0.4, -0.2) is 76.9 Å². The fourth-order valence-corrected chi connectivity index (χ4v) is 6.50. The number of para-hydroxylation sites is 1. The third-order valence-corrected chi connectivity index (χ3v) is 9.77. The molecule has 2 heterocycles. The molecule has 1 unspecified atom stereocenters. The van der Waals surface area contributed by atoms with Crippen LogP contribution >= 0.6 is 0 Å². The molecule has 0 spiro atoms. The van der Waals surface area contributed by atoms with Gasteiger partial charge in [-0.15, -0.1) is 10.2 Å². The molecule has 3 N–H and O–H groups in total. The molecule has 39 heavy (non-hydrogen) atoms. The number of furan rings is 1. The van der Waals surface area contributed by atoms with E-state index < -0.39 is 18.1 Å². The number of nitrogens with two attached hydrogens (primary N) is 1. The molecule has 3 aromatic rings. The van der Waals surface area contributed by atoms with Crippen molar-refractivity contribution in [3.05, 3.63) is 36.1 Å². The summed E-state index contributed by atoms with van der Waals surface area (Å²) in [5.41, 5.74) is 6.13. The van der Waals surface area contributed by atoms with Crippen molar-refractivity contribution in [3.63, 3.8) is 0 Å². The van der Waals surface area contributed by atoms with Crippen molar-refractivity contribution >= 4 is 24.0 Å². The lowest BCUT2D eigenvalue weighted by molar-refractivity contribution is 0.391. The predicted octanol–water partition coefficient (Wildman–Crippen LogP) is 3.65. The number of aromatic nitrogens is 3. The maximum atomic E-state index is 13.9. The third-order valence-electron chi connectivity index (χ3n) is 6.31. The van der Waals surface area contributed by atoms with Crippen LogP contribution in [0.3, 0.4) is 0 Å². The van der Waals surface area contributed by atoms with Crippen molar-refractivity contribution in [3.8, 4) is 28.8 Å². The van der Waals surface area contributed by atoms with Crippen LogP contribution in [0.2, 0.25) is 25.7 Å². The third kappa shape index (κ3) is 7.62. The summed E-state index contributed by atoms with van der Waals surface area (Å²) < 4.78 is 48.2. The van der Waals surface area contributed by atoms with E-state index in [9.17, 15) is 8.42 Å². The molecule has 0 bridgehead atoms. The van der Waals surface area contributed by atoms with Crippen molar-refractivity contribution in [2.75, 3.05) is 43.9 Å². The zero-order valence-electron chi connectivity index (χ0n) is 24.0. The molecule has 0 radical (unpaired) electrons. The molecule has 0 aliphatic rings. The van der Waals surface area contributed by atoms with E-state index in [-0.39, 0.29) is 30.8 Å². The Bertz CT molecular complexity index is 1310. The fraction of sp³-hybridized carbons (Fsp3) is 0.538. The maximum Gasteiger partial charge on any atom is 0.246 e.